The molecule has 1 aliphatic rings. The van der Waals surface area contributed by atoms with Crippen LogP contribution in [0.15, 0.2) is 0 Å². The molecule has 2 rings (SSSR count). The number of aromatic nitrogens is 1. The van der Waals surface area contributed by atoms with Crippen LogP contribution in [0.25, 0.3) is 0 Å². The Kier molecular flexibility index (Phi) is 3.38. The van der Waals surface area contributed by atoms with Gasteiger partial charge >= 0.3 is 0 Å². The van der Waals surface area contributed by atoms with Crippen molar-refractivity contribution in [1.29, 1.82) is 0 Å². The monoisotopic (exact) mass is 267 g/mol. The van der Waals surface area contributed by atoms with E-state index in [0.29, 0.717) is 16.6 Å². The number of nitrogens with zero attached hydrogens (tertiary/aromatic N) is 1. The molecule has 0 unspecified atom stereocenters. The van der Waals surface area contributed by atoms with Crippen molar-refractivity contribution in [3.63, 3.8) is 0 Å². The lowest BCUT2D eigenvalue weighted by atomic mass is 9.96. The molecule has 0 bridgehead atoms. The summed E-state index contributed by atoms with van der Waals surface area (Å²) in [6.45, 7) is 6.21. The van der Waals surface area contributed by atoms with E-state index >= 15 is 0 Å². The Morgan fingerprint density at radius 1 is 1.44 bits per heavy atom. The van der Waals surface area contributed by atoms with Gasteiger partial charge in [0.25, 0.3) is 5.91 Å². The van der Waals surface area contributed by atoms with Gasteiger partial charge in [-0.3, -0.25) is 9.59 Å². The highest BCUT2D eigenvalue weighted by Gasteiger charge is 2.25. The molecule has 0 spiro atoms. The number of hydrogen-bond donors (Lipinski definition) is 2. The van der Waals surface area contributed by atoms with Crippen LogP contribution in [0.4, 0.5) is 5.13 Å². The Balaban J connectivity index is 2.20. The molecule has 1 aliphatic heterocycles. The zero-order valence-corrected chi connectivity index (χ0v) is 11.6. The molecule has 0 radical (unpaired) electrons. The second-order valence-corrected chi connectivity index (χ2v) is 6.36. The molecule has 2 N–H and O–H groups in total. The van der Waals surface area contributed by atoms with E-state index in [1.807, 2.05) is 20.8 Å². The molecule has 0 atom stereocenters. The van der Waals surface area contributed by atoms with Crippen LogP contribution in [0.2, 0.25) is 0 Å². The molecule has 0 aliphatic carbocycles. The fourth-order valence-corrected chi connectivity index (χ4v) is 2.50. The van der Waals surface area contributed by atoms with Crippen molar-refractivity contribution in [1.82, 2.24) is 10.3 Å². The van der Waals surface area contributed by atoms with Crippen molar-refractivity contribution in [2.45, 2.75) is 33.6 Å². The first kappa shape index (κ1) is 13.0. The number of fused-ring (bicyclic) bond motifs is 1. The van der Waals surface area contributed by atoms with Gasteiger partial charge in [-0.2, -0.15) is 0 Å². The van der Waals surface area contributed by atoms with Gasteiger partial charge in [0.1, 0.15) is 4.88 Å². The van der Waals surface area contributed by atoms with E-state index in [1.165, 1.54) is 11.3 Å². The Bertz CT molecular complexity index is 488. The minimum absolute atomic E-state index is 0.0868. The number of aryl methyl sites for hydroxylation is 1. The standard InChI is InChI=1S/C12H17N3O2S/c1-12(2,3)10(17)15-11-14-7-5-4-6-13-9(16)8(7)18-11/h4-6H2,1-3H3,(H,13,16)(H,14,15,17). The third kappa shape index (κ3) is 2.69. The van der Waals surface area contributed by atoms with Crippen LogP contribution >= 0.6 is 11.3 Å². The van der Waals surface area contributed by atoms with Gasteiger partial charge in [-0.25, -0.2) is 4.98 Å². The van der Waals surface area contributed by atoms with E-state index in [-0.39, 0.29) is 11.8 Å². The SMILES string of the molecule is CC(C)(C)C(=O)Nc1nc2c(s1)C(=O)NCCC2. The largest absolute Gasteiger partial charge is 0.351 e. The topological polar surface area (TPSA) is 71.1 Å². The molecule has 1 aromatic heterocycles. The second-order valence-electron chi connectivity index (χ2n) is 5.36. The van der Waals surface area contributed by atoms with Crippen LogP contribution in [0.3, 0.4) is 0 Å². The molecule has 5 nitrogen and oxygen atoms in total. The van der Waals surface area contributed by atoms with Crippen molar-refractivity contribution in [2.24, 2.45) is 5.41 Å². The predicted molar refractivity (Wildman–Crippen MR) is 70.9 cm³/mol. The number of nitrogens with one attached hydrogen (secondary N) is 2. The summed E-state index contributed by atoms with van der Waals surface area (Å²) >= 11 is 1.25. The zero-order chi connectivity index (χ0) is 13.3. The maximum Gasteiger partial charge on any atom is 0.263 e. The molecule has 0 saturated heterocycles. The third-order valence-corrected chi connectivity index (χ3v) is 3.69. The lowest BCUT2D eigenvalue weighted by molar-refractivity contribution is -0.123. The lowest BCUT2D eigenvalue weighted by Gasteiger charge is -2.15. The fraction of sp³-hybridized carbons (Fsp3) is 0.583. The van der Waals surface area contributed by atoms with Crippen LogP contribution < -0.4 is 10.6 Å². The number of anilines is 1. The number of amides is 2. The summed E-state index contributed by atoms with van der Waals surface area (Å²) in [5.41, 5.74) is 0.324. The average molecular weight is 267 g/mol. The van der Waals surface area contributed by atoms with Gasteiger partial charge in [0.05, 0.1) is 5.69 Å². The fourth-order valence-electron chi connectivity index (χ4n) is 1.57. The highest BCUT2D eigenvalue weighted by atomic mass is 32.1. The van der Waals surface area contributed by atoms with E-state index < -0.39 is 5.41 Å². The molecule has 98 valence electrons. The quantitative estimate of drug-likeness (QED) is 0.815. The van der Waals surface area contributed by atoms with Crippen LogP contribution in [0.5, 0.6) is 0 Å². The first-order chi connectivity index (χ1) is 8.38. The van der Waals surface area contributed by atoms with Crippen molar-refractivity contribution in [3.8, 4) is 0 Å². The molecule has 0 fully saturated rings. The number of rotatable bonds is 1. The summed E-state index contributed by atoms with van der Waals surface area (Å²) in [6, 6.07) is 0. The summed E-state index contributed by atoms with van der Waals surface area (Å²) in [5, 5.41) is 6.10. The molecule has 0 aromatic carbocycles. The van der Waals surface area contributed by atoms with Crippen LogP contribution in [-0.2, 0) is 11.2 Å². The summed E-state index contributed by atoms with van der Waals surface area (Å²) < 4.78 is 0. The van der Waals surface area contributed by atoms with Crippen LogP contribution in [-0.4, -0.2) is 23.3 Å². The maximum absolute atomic E-state index is 11.9. The van der Waals surface area contributed by atoms with E-state index in [1.54, 1.807) is 0 Å². The summed E-state index contributed by atoms with van der Waals surface area (Å²) in [5.74, 6) is -0.178. The lowest BCUT2D eigenvalue weighted by Crippen LogP contribution is -2.27. The summed E-state index contributed by atoms with van der Waals surface area (Å²) in [4.78, 5) is 28.6. The van der Waals surface area contributed by atoms with Gasteiger partial charge in [-0.1, -0.05) is 32.1 Å². The number of carbonyl (C=O) groups is 2. The van der Waals surface area contributed by atoms with Crippen molar-refractivity contribution in [3.05, 3.63) is 10.6 Å². The van der Waals surface area contributed by atoms with Crippen molar-refractivity contribution >= 4 is 28.3 Å². The van der Waals surface area contributed by atoms with E-state index in [0.717, 1.165) is 18.5 Å². The van der Waals surface area contributed by atoms with Gasteiger partial charge in [0.2, 0.25) is 5.91 Å². The first-order valence-corrected chi connectivity index (χ1v) is 6.79. The summed E-state index contributed by atoms with van der Waals surface area (Å²) in [7, 11) is 0. The molecular formula is C12H17N3O2S. The zero-order valence-electron chi connectivity index (χ0n) is 10.8. The minimum Gasteiger partial charge on any atom is -0.351 e. The van der Waals surface area contributed by atoms with E-state index in [2.05, 4.69) is 15.6 Å². The van der Waals surface area contributed by atoms with E-state index in [9.17, 15) is 9.59 Å². The smallest absolute Gasteiger partial charge is 0.263 e. The van der Waals surface area contributed by atoms with Gasteiger partial charge in [0, 0.05) is 12.0 Å². The molecule has 1 aromatic rings. The minimum atomic E-state index is -0.467. The third-order valence-electron chi connectivity index (χ3n) is 2.68. The maximum atomic E-state index is 11.9. The first-order valence-electron chi connectivity index (χ1n) is 5.97. The normalized spacial score (nSPS) is 15.6. The molecule has 6 heteroatoms. The molecule has 2 heterocycles. The predicted octanol–water partition coefficient (Wildman–Crippen LogP) is 1.80. The Labute approximate surface area is 110 Å². The van der Waals surface area contributed by atoms with E-state index in [4.69, 9.17) is 0 Å². The number of carbonyl (C=O) groups excluding carboxylic acids is 2. The molecular weight excluding hydrogens is 250 g/mol. The van der Waals surface area contributed by atoms with Crippen molar-refractivity contribution < 1.29 is 9.59 Å². The Hall–Kier alpha value is -1.43. The average Bonchev–Trinajstić information content (AvgIpc) is 2.58. The van der Waals surface area contributed by atoms with Crippen LogP contribution in [0, 0.1) is 5.41 Å². The van der Waals surface area contributed by atoms with Gasteiger partial charge in [-0.15, -0.1) is 0 Å². The van der Waals surface area contributed by atoms with Gasteiger partial charge in [0.15, 0.2) is 5.13 Å². The molecule has 2 amide bonds. The van der Waals surface area contributed by atoms with Gasteiger partial charge < -0.3 is 10.6 Å². The molecule has 18 heavy (non-hydrogen) atoms. The Morgan fingerprint density at radius 2 is 2.17 bits per heavy atom. The highest BCUT2D eigenvalue weighted by Crippen LogP contribution is 2.27. The summed E-state index contributed by atoms with van der Waals surface area (Å²) in [6.07, 6.45) is 1.66. The highest BCUT2D eigenvalue weighted by molar-refractivity contribution is 7.17. The number of thiazole rings is 1. The molecule has 0 saturated carbocycles. The van der Waals surface area contributed by atoms with Gasteiger partial charge in [-0.05, 0) is 12.8 Å². The number of hydrogen-bond acceptors (Lipinski definition) is 4. The van der Waals surface area contributed by atoms with Crippen LogP contribution in [0.1, 0.15) is 42.6 Å². The van der Waals surface area contributed by atoms with Crippen molar-refractivity contribution in [2.75, 3.05) is 11.9 Å². The second kappa shape index (κ2) is 4.68. The Morgan fingerprint density at radius 3 is 2.83 bits per heavy atom.